The highest BCUT2D eigenvalue weighted by molar-refractivity contribution is 7.88. The number of amides is 1. The Bertz CT molecular complexity index is 455. The van der Waals surface area contributed by atoms with Crippen LogP contribution in [0.15, 0.2) is 0 Å². The molecule has 0 aliphatic rings. The van der Waals surface area contributed by atoms with Crippen LogP contribution in [-0.2, 0) is 21.5 Å². The van der Waals surface area contributed by atoms with E-state index in [2.05, 4.69) is 25.4 Å². The van der Waals surface area contributed by atoms with Gasteiger partial charge in [-0.1, -0.05) is 5.21 Å². The molecule has 1 heterocycles. The fourth-order valence-corrected chi connectivity index (χ4v) is 1.46. The van der Waals surface area contributed by atoms with Gasteiger partial charge < -0.3 is 4.74 Å². The van der Waals surface area contributed by atoms with Gasteiger partial charge in [0.1, 0.15) is 0 Å². The number of aromatic amines is 1. The highest BCUT2D eigenvalue weighted by atomic mass is 32.2. The number of hydrogen-bond donors (Lipinski definition) is 3. The molecule has 0 radical (unpaired) electrons. The van der Waals surface area contributed by atoms with Crippen LogP contribution in [0.4, 0.5) is 4.79 Å². The molecule has 17 heavy (non-hydrogen) atoms. The molecular formula is C6H12N6O4S. The van der Waals surface area contributed by atoms with Gasteiger partial charge in [-0.3, -0.25) is 0 Å². The Balaban J connectivity index is 2.43. The number of carbonyl (C=O) groups excluding carboxylic acids is 1. The Morgan fingerprint density at radius 1 is 1.53 bits per heavy atom. The standard InChI is InChI=1S/C6H12N6O4S/c1-4(2)16-6(13)10-17(14,15)7-3-5-8-11-12-9-5/h4,7H,3H2,1-2H3,(H,10,13)(H,8,9,11,12). The molecule has 11 heteroatoms. The van der Waals surface area contributed by atoms with E-state index in [4.69, 9.17) is 0 Å². The predicted octanol–water partition coefficient (Wildman–Crippen LogP) is -1.33. The Morgan fingerprint density at radius 2 is 2.24 bits per heavy atom. The van der Waals surface area contributed by atoms with Crippen molar-refractivity contribution in [2.45, 2.75) is 26.5 Å². The van der Waals surface area contributed by atoms with E-state index in [1.165, 1.54) is 0 Å². The van der Waals surface area contributed by atoms with Gasteiger partial charge in [0, 0.05) is 0 Å². The van der Waals surface area contributed by atoms with Crippen molar-refractivity contribution in [1.29, 1.82) is 0 Å². The minimum absolute atomic E-state index is 0.146. The Labute approximate surface area is 97.3 Å². The molecule has 0 aliphatic carbocycles. The number of aromatic nitrogens is 4. The van der Waals surface area contributed by atoms with Crippen LogP contribution in [0.5, 0.6) is 0 Å². The molecule has 0 spiro atoms. The molecule has 0 unspecified atom stereocenters. The maximum Gasteiger partial charge on any atom is 0.422 e. The van der Waals surface area contributed by atoms with Crippen LogP contribution in [0.2, 0.25) is 0 Å². The first-order valence-electron chi connectivity index (χ1n) is 4.59. The minimum atomic E-state index is -4.00. The molecule has 10 nitrogen and oxygen atoms in total. The van der Waals surface area contributed by atoms with Crippen molar-refractivity contribution < 1.29 is 17.9 Å². The van der Waals surface area contributed by atoms with Crippen LogP contribution >= 0.6 is 0 Å². The normalized spacial score (nSPS) is 11.5. The van der Waals surface area contributed by atoms with Crippen molar-refractivity contribution in [1.82, 2.24) is 30.1 Å². The predicted molar refractivity (Wildman–Crippen MR) is 54.7 cm³/mol. The van der Waals surface area contributed by atoms with Gasteiger partial charge in [0.25, 0.3) is 0 Å². The van der Waals surface area contributed by atoms with Crippen LogP contribution in [0.1, 0.15) is 19.7 Å². The summed E-state index contributed by atoms with van der Waals surface area (Å²) < 4.78 is 30.9. The van der Waals surface area contributed by atoms with Gasteiger partial charge in [0.15, 0.2) is 5.82 Å². The molecular weight excluding hydrogens is 252 g/mol. The second-order valence-electron chi connectivity index (χ2n) is 3.21. The number of H-pyrrole nitrogens is 1. The van der Waals surface area contributed by atoms with Crippen LogP contribution in [0.25, 0.3) is 0 Å². The molecule has 0 aliphatic heterocycles. The van der Waals surface area contributed by atoms with Gasteiger partial charge in [-0.2, -0.15) is 18.4 Å². The van der Waals surface area contributed by atoms with E-state index in [1.54, 1.807) is 18.6 Å². The van der Waals surface area contributed by atoms with Crippen molar-refractivity contribution in [2.24, 2.45) is 0 Å². The van der Waals surface area contributed by atoms with Gasteiger partial charge in [-0.15, -0.1) is 10.2 Å². The number of ether oxygens (including phenoxy) is 1. The van der Waals surface area contributed by atoms with Crippen LogP contribution < -0.4 is 9.44 Å². The van der Waals surface area contributed by atoms with E-state index in [1.807, 2.05) is 4.72 Å². The van der Waals surface area contributed by atoms with Crippen molar-refractivity contribution >= 4 is 16.3 Å². The van der Waals surface area contributed by atoms with E-state index in [0.29, 0.717) is 0 Å². The third-order valence-electron chi connectivity index (χ3n) is 1.37. The lowest BCUT2D eigenvalue weighted by Gasteiger charge is -2.09. The molecule has 0 aromatic carbocycles. The average Bonchev–Trinajstić information content (AvgIpc) is 2.64. The third-order valence-corrected chi connectivity index (χ3v) is 2.33. The van der Waals surface area contributed by atoms with E-state index >= 15 is 0 Å². The zero-order chi connectivity index (χ0) is 12.9. The zero-order valence-corrected chi connectivity index (χ0v) is 9.98. The summed E-state index contributed by atoms with van der Waals surface area (Å²) in [4.78, 5) is 11.0. The molecule has 96 valence electrons. The third kappa shape index (κ3) is 5.21. The lowest BCUT2D eigenvalue weighted by Crippen LogP contribution is -2.41. The fourth-order valence-electron chi connectivity index (χ4n) is 0.801. The van der Waals surface area contributed by atoms with Crippen molar-refractivity contribution in [3.8, 4) is 0 Å². The number of nitrogens with one attached hydrogen (secondary N) is 3. The zero-order valence-electron chi connectivity index (χ0n) is 9.17. The maximum absolute atomic E-state index is 11.3. The summed E-state index contributed by atoms with van der Waals surface area (Å²) in [5.41, 5.74) is 0. The molecule has 0 bridgehead atoms. The lowest BCUT2D eigenvalue weighted by atomic mass is 10.5. The first-order valence-corrected chi connectivity index (χ1v) is 6.07. The van der Waals surface area contributed by atoms with E-state index < -0.39 is 22.4 Å². The number of tetrazole rings is 1. The second-order valence-corrected chi connectivity index (χ2v) is 4.71. The van der Waals surface area contributed by atoms with Gasteiger partial charge >= 0.3 is 16.3 Å². The monoisotopic (exact) mass is 264 g/mol. The lowest BCUT2D eigenvalue weighted by molar-refractivity contribution is 0.121. The number of hydrogen-bond acceptors (Lipinski definition) is 7. The molecule has 1 rings (SSSR count). The van der Waals surface area contributed by atoms with E-state index in [9.17, 15) is 13.2 Å². The second kappa shape index (κ2) is 5.54. The molecule has 1 amide bonds. The average molecular weight is 264 g/mol. The molecule has 0 fully saturated rings. The fraction of sp³-hybridized carbons (Fsp3) is 0.667. The summed E-state index contributed by atoms with van der Waals surface area (Å²) >= 11 is 0. The smallest absolute Gasteiger partial charge is 0.422 e. The Hall–Kier alpha value is -1.75. The summed E-state index contributed by atoms with van der Waals surface area (Å²) in [6.07, 6.45) is -1.47. The topological polar surface area (TPSA) is 139 Å². The summed E-state index contributed by atoms with van der Waals surface area (Å²) in [5, 5.41) is 12.5. The van der Waals surface area contributed by atoms with Gasteiger partial charge in [-0.05, 0) is 13.8 Å². The number of rotatable bonds is 5. The van der Waals surface area contributed by atoms with Gasteiger partial charge in [0.05, 0.1) is 12.6 Å². The van der Waals surface area contributed by atoms with Crippen LogP contribution in [-0.4, -0.2) is 41.2 Å². The first-order chi connectivity index (χ1) is 7.89. The van der Waals surface area contributed by atoms with Crippen molar-refractivity contribution in [2.75, 3.05) is 0 Å². The summed E-state index contributed by atoms with van der Waals surface area (Å²) in [6, 6.07) is 0. The largest absolute Gasteiger partial charge is 0.446 e. The summed E-state index contributed by atoms with van der Waals surface area (Å²) in [7, 11) is -4.00. The molecule has 1 aromatic rings. The summed E-state index contributed by atoms with van der Waals surface area (Å²) in [6.45, 7) is 3.00. The maximum atomic E-state index is 11.3. The van der Waals surface area contributed by atoms with Crippen LogP contribution in [0, 0.1) is 0 Å². The van der Waals surface area contributed by atoms with E-state index in [0.717, 1.165) is 0 Å². The SMILES string of the molecule is CC(C)OC(=O)NS(=O)(=O)NCc1nn[nH]n1. The first kappa shape index (κ1) is 13.3. The molecule has 1 aromatic heterocycles. The highest BCUT2D eigenvalue weighted by Crippen LogP contribution is 1.91. The molecule has 3 N–H and O–H groups in total. The van der Waals surface area contributed by atoms with Crippen LogP contribution in [0.3, 0.4) is 0 Å². The highest BCUT2D eigenvalue weighted by Gasteiger charge is 2.16. The van der Waals surface area contributed by atoms with E-state index in [-0.39, 0.29) is 12.4 Å². The van der Waals surface area contributed by atoms with Crippen molar-refractivity contribution in [3.05, 3.63) is 5.82 Å². The van der Waals surface area contributed by atoms with Crippen molar-refractivity contribution in [3.63, 3.8) is 0 Å². The molecule has 0 saturated carbocycles. The minimum Gasteiger partial charge on any atom is -0.446 e. The van der Waals surface area contributed by atoms with Gasteiger partial charge in [-0.25, -0.2) is 9.52 Å². The number of nitrogens with zero attached hydrogens (tertiary/aromatic N) is 3. The summed E-state index contributed by atoms with van der Waals surface area (Å²) in [5.74, 6) is 0.146. The Kier molecular flexibility index (Phi) is 4.34. The van der Waals surface area contributed by atoms with Gasteiger partial charge in [0.2, 0.25) is 0 Å². The molecule has 0 atom stereocenters. The number of carbonyl (C=O) groups is 1. The quantitative estimate of drug-likeness (QED) is 0.598. The molecule has 0 saturated heterocycles. The Morgan fingerprint density at radius 3 is 2.76 bits per heavy atom.